The highest BCUT2D eigenvalue weighted by molar-refractivity contribution is 5.63. The Kier molecular flexibility index (Phi) is 1.96. The maximum Gasteiger partial charge on any atom is 0.155 e. The van der Waals surface area contributed by atoms with Crippen LogP contribution in [0.15, 0.2) is 48.8 Å². The van der Waals surface area contributed by atoms with Gasteiger partial charge in [0.1, 0.15) is 6.33 Å². The van der Waals surface area contributed by atoms with Crippen LogP contribution in [0.4, 0.5) is 0 Å². The molecule has 3 rings (SSSR count). The molecule has 0 radical (unpaired) electrons. The van der Waals surface area contributed by atoms with Gasteiger partial charge in [0.15, 0.2) is 5.65 Å². The van der Waals surface area contributed by atoms with Gasteiger partial charge < -0.3 is 0 Å². The van der Waals surface area contributed by atoms with Gasteiger partial charge in [0.25, 0.3) is 0 Å². The van der Waals surface area contributed by atoms with Gasteiger partial charge >= 0.3 is 0 Å². The van der Waals surface area contributed by atoms with E-state index < -0.39 is 0 Å². The van der Waals surface area contributed by atoms with Crippen LogP contribution in [0.5, 0.6) is 0 Å². The maximum absolute atomic E-state index is 4.23. The van der Waals surface area contributed by atoms with Gasteiger partial charge in [-0.3, -0.25) is 0 Å². The average molecular weight is 209 g/mol. The van der Waals surface area contributed by atoms with Crippen LogP contribution in [0.3, 0.4) is 0 Å². The Morgan fingerprint density at radius 1 is 1.06 bits per heavy atom. The van der Waals surface area contributed by atoms with Crippen LogP contribution < -0.4 is 0 Å². The molecule has 1 aromatic carbocycles. The first-order valence-corrected chi connectivity index (χ1v) is 5.20. The summed E-state index contributed by atoms with van der Waals surface area (Å²) < 4.78 is 1.86. The summed E-state index contributed by atoms with van der Waals surface area (Å²) in [5, 5.41) is 4.23. The molecule has 0 aliphatic heterocycles. The summed E-state index contributed by atoms with van der Waals surface area (Å²) in [4.78, 5) is 4.18. The Labute approximate surface area is 93.4 Å². The molecule has 3 nitrogen and oxygen atoms in total. The first-order chi connectivity index (χ1) is 7.84. The number of rotatable bonds is 1. The van der Waals surface area contributed by atoms with E-state index in [4.69, 9.17) is 0 Å². The first kappa shape index (κ1) is 9.09. The molecule has 0 aliphatic rings. The highest BCUT2D eigenvalue weighted by Crippen LogP contribution is 2.20. The third-order valence-electron chi connectivity index (χ3n) is 2.62. The van der Waals surface area contributed by atoms with E-state index in [1.807, 2.05) is 16.6 Å². The van der Waals surface area contributed by atoms with Crippen molar-refractivity contribution in [3.63, 3.8) is 0 Å². The van der Waals surface area contributed by atoms with E-state index in [0.717, 1.165) is 16.9 Å². The minimum atomic E-state index is 0.874. The van der Waals surface area contributed by atoms with E-state index in [0.29, 0.717) is 0 Å². The molecule has 0 aliphatic carbocycles. The number of hydrogen-bond acceptors (Lipinski definition) is 2. The molecule has 0 atom stereocenters. The lowest BCUT2D eigenvalue weighted by Gasteiger charge is -2.04. The average Bonchev–Trinajstić information content (AvgIpc) is 2.76. The molecule has 3 aromatic rings. The maximum atomic E-state index is 4.23. The minimum absolute atomic E-state index is 0.874. The van der Waals surface area contributed by atoms with E-state index >= 15 is 0 Å². The molecule has 0 fully saturated rings. The molecular weight excluding hydrogens is 198 g/mol. The second-order valence-electron chi connectivity index (χ2n) is 3.81. The molecule has 0 spiro atoms. The highest BCUT2D eigenvalue weighted by atomic mass is 15.3. The zero-order valence-corrected chi connectivity index (χ0v) is 8.96. The highest BCUT2D eigenvalue weighted by Gasteiger charge is 2.04. The lowest BCUT2D eigenvalue weighted by Crippen LogP contribution is -1.93. The molecule has 0 saturated heterocycles. The molecule has 0 saturated carbocycles. The molecule has 78 valence electrons. The van der Waals surface area contributed by atoms with E-state index in [-0.39, 0.29) is 0 Å². The predicted molar refractivity (Wildman–Crippen MR) is 63.2 cm³/mol. The number of pyridine rings is 1. The van der Waals surface area contributed by atoms with Crippen LogP contribution in [0.1, 0.15) is 5.56 Å². The number of hydrogen-bond donors (Lipinski definition) is 0. The van der Waals surface area contributed by atoms with Crippen molar-refractivity contribution in [3.8, 4) is 11.3 Å². The Morgan fingerprint density at radius 3 is 2.81 bits per heavy atom. The molecule has 0 amide bonds. The Bertz CT molecular complexity index is 640. The van der Waals surface area contributed by atoms with Crippen molar-refractivity contribution in [1.82, 2.24) is 14.6 Å². The number of aryl methyl sites for hydroxylation is 1. The molecule has 0 N–H and O–H groups in total. The summed E-state index contributed by atoms with van der Waals surface area (Å²) in [5.74, 6) is 0. The van der Waals surface area contributed by atoms with Crippen molar-refractivity contribution in [2.45, 2.75) is 6.92 Å². The zero-order chi connectivity index (χ0) is 11.0. The van der Waals surface area contributed by atoms with Crippen molar-refractivity contribution in [2.75, 3.05) is 0 Å². The Balaban J connectivity index is 2.29. The lowest BCUT2D eigenvalue weighted by atomic mass is 10.1. The fraction of sp³-hybridized carbons (Fsp3) is 0.0769. The number of fused-ring (bicyclic) bond motifs is 1. The fourth-order valence-electron chi connectivity index (χ4n) is 1.87. The van der Waals surface area contributed by atoms with Crippen molar-refractivity contribution < 1.29 is 0 Å². The quantitative estimate of drug-likeness (QED) is 0.616. The van der Waals surface area contributed by atoms with E-state index in [9.17, 15) is 0 Å². The van der Waals surface area contributed by atoms with Gasteiger partial charge in [0.05, 0.1) is 5.69 Å². The van der Waals surface area contributed by atoms with Crippen LogP contribution in [-0.4, -0.2) is 14.6 Å². The number of benzene rings is 1. The molecule has 16 heavy (non-hydrogen) atoms. The van der Waals surface area contributed by atoms with E-state index in [2.05, 4.69) is 47.3 Å². The van der Waals surface area contributed by atoms with Crippen molar-refractivity contribution in [3.05, 3.63) is 54.4 Å². The molecular formula is C13H11N3. The summed E-state index contributed by atoms with van der Waals surface area (Å²) in [6.07, 6.45) is 1.58. The zero-order valence-electron chi connectivity index (χ0n) is 8.96. The van der Waals surface area contributed by atoms with Crippen LogP contribution in [0, 0.1) is 6.92 Å². The van der Waals surface area contributed by atoms with Gasteiger partial charge in [0, 0.05) is 5.56 Å². The summed E-state index contributed by atoms with van der Waals surface area (Å²) in [7, 11) is 0. The van der Waals surface area contributed by atoms with E-state index in [1.54, 1.807) is 6.33 Å². The smallest absolute Gasteiger partial charge is 0.155 e. The standard InChI is InChI=1S/C13H11N3/c1-10-4-2-5-11(8-10)12-6-3-7-13-14-9-15-16(12)13/h2-9H,1H3. The normalized spacial score (nSPS) is 10.8. The fourth-order valence-corrected chi connectivity index (χ4v) is 1.87. The third-order valence-corrected chi connectivity index (χ3v) is 2.62. The van der Waals surface area contributed by atoms with Crippen LogP contribution >= 0.6 is 0 Å². The van der Waals surface area contributed by atoms with Gasteiger partial charge in [-0.25, -0.2) is 9.50 Å². The minimum Gasteiger partial charge on any atom is -0.215 e. The van der Waals surface area contributed by atoms with Gasteiger partial charge in [0.2, 0.25) is 0 Å². The van der Waals surface area contributed by atoms with Gasteiger partial charge in [-0.15, -0.1) is 0 Å². The Hall–Kier alpha value is -2.16. The number of aromatic nitrogens is 3. The predicted octanol–water partition coefficient (Wildman–Crippen LogP) is 2.70. The van der Waals surface area contributed by atoms with Crippen molar-refractivity contribution in [1.29, 1.82) is 0 Å². The first-order valence-electron chi connectivity index (χ1n) is 5.20. The molecule has 0 bridgehead atoms. The SMILES string of the molecule is Cc1cccc(-c2cccc3ncnn23)c1. The summed E-state index contributed by atoms with van der Waals surface area (Å²) in [5.41, 5.74) is 4.35. The summed E-state index contributed by atoms with van der Waals surface area (Å²) >= 11 is 0. The van der Waals surface area contributed by atoms with Crippen LogP contribution in [0.25, 0.3) is 16.9 Å². The molecule has 3 heteroatoms. The monoisotopic (exact) mass is 209 g/mol. The lowest BCUT2D eigenvalue weighted by molar-refractivity contribution is 0.969. The van der Waals surface area contributed by atoms with Crippen molar-refractivity contribution >= 4 is 5.65 Å². The molecule has 2 heterocycles. The van der Waals surface area contributed by atoms with E-state index in [1.165, 1.54) is 5.56 Å². The third kappa shape index (κ3) is 1.37. The number of nitrogens with zero attached hydrogens (tertiary/aromatic N) is 3. The van der Waals surface area contributed by atoms with Gasteiger partial charge in [-0.2, -0.15) is 5.10 Å². The topological polar surface area (TPSA) is 30.2 Å². The summed E-state index contributed by atoms with van der Waals surface area (Å²) in [6, 6.07) is 14.4. The van der Waals surface area contributed by atoms with Crippen LogP contribution in [-0.2, 0) is 0 Å². The molecule has 2 aromatic heterocycles. The second-order valence-corrected chi connectivity index (χ2v) is 3.81. The molecule has 0 unspecified atom stereocenters. The summed E-state index contributed by atoms with van der Waals surface area (Å²) in [6.45, 7) is 2.09. The van der Waals surface area contributed by atoms with Crippen molar-refractivity contribution in [2.24, 2.45) is 0 Å². The van der Waals surface area contributed by atoms with Gasteiger partial charge in [-0.05, 0) is 25.1 Å². The van der Waals surface area contributed by atoms with Gasteiger partial charge in [-0.1, -0.05) is 29.8 Å². The van der Waals surface area contributed by atoms with Crippen LogP contribution in [0.2, 0.25) is 0 Å². The largest absolute Gasteiger partial charge is 0.215 e. The Morgan fingerprint density at radius 2 is 1.94 bits per heavy atom. The second kappa shape index (κ2) is 3.45.